The van der Waals surface area contributed by atoms with Crippen LogP contribution in [0.25, 0.3) is 11.5 Å². The topological polar surface area (TPSA) is 88.0 Å². The monoisotopic (exact) mass is 313 g/mol. The molecule has 3 aromatic rings. The molecule has 2 N–H and O–H groups in total. The van der Waals surface area contributed by atoms with Crippen LogP contribution in [-0.4, -0.2) is 15.9 Å². The molecule has 0 aliphatic rings. The van der Waals surface area contributed by atoms with Crippen LogP contribution in [0.3, 0.4) is 0 Å². The molecule has 1 amide bonds. The second-order valence-electron chi connectivity index (χ2n) is 4.77. The summed E-state index contributed by atoms with van der Waals surface area (Å²) in [6.07, 6.45) is 1.46. The first-order valence-corrected chi connectivity index (χ1v) is 6.80. The number of hydrogen-bond acceptors (Lipinski definition) is 4. The third-order valence-corrected chi connectivity index (χ3v) is 3.13. The number of aromatic amines is 1. The van der Waals surface area contributed by atoms with Crippen molar-refractivity contribution in [3.63, 3.8) is 0 Å². The number of rotatable bonds is 4. The van der Waals surface area contributed by atoms with Gasteiger partial charge < -0.3 is 14.7 Å². The molecule has 0 fully saturated rings. The van der Waals surface area contributed by atoms with Crippen molar-refractivity contribution in [2.75, 3.05) is 0 Å². The van der Waals surface area contributed by atoms with Crippen LogP contribution in [0.2, 0.25) is 0 Å². The Hall–Kier alpha value is -3.22. The summed E-state index contributed by atoms with van der Waals surface area (Å²) >= 11 is 0. The van der Waals surface area contributed by atoms with Crippen LogP contribution in [0.5, 0.6) is 0 Å². The van der Waals surface area contributed by atoms with Crippen LogP contribution in [-0.2, 0) is 6.54 Å². The van der Waals surface area contributed by atoms with Gasteiger partial charge in [-0.05, 0) is 35.9 Å². The average molecular weight is 313 g/mol. The number of carbonyl (C=O) groups excluding carboxylic acids is 1. The van der Waals surface area contributed by atoms with Gasteiger partial charge in [0.25, 0.3) is 5.91 Å². The molecule has 23 heavy (non-hydrogen) atoms. The second-order valence-corrected chi connectivity index (χ2v) is 4.77. The lowest BCUT2D eigenvalue weighted by atomic mass is 10.2. The summed E-state index contributed by atoms with van der Waals surface area (Å²) < 4.78 is 18.0. The molecule has 1 aromatic carbocycles. The highest BCUT2D eigenvalue weighted by Crippen LogP contribution is 2.16. The molecule has 0 saturated carbocycles. The van der Waals surface area contributed by atoms with Gasteiger partial charge in [-0.15, -0.1) is 0 Å². The molecule has 0 unspecified atom stereocenters. The van der Waals surface area contributed by atoms with Gasteiger partial charge >= 0.3 is 5.69 Å². The average Bonchev–Trinajstić information content (AvgIpc) is 3.08. The number of aromatic nitrogens is 2. The van der Waals surface area contributed by atoms with Crippen LogP contribution in [0.1, 0.15) is 16.1 Å². The number of nitrogens with one attached hydrogen (secondary N) is 2. The van der Waals surface area contributed by atoms with Gasteiger partial charge in [0.2, 0.25) is 0 Å². The maximum atomic E-state index is 12.8. The molecule has 3 rings (SSSR count). The number of furan rings is 1. The Morgan fingerprint density at radius 3 is 2.74 bits per heavy atom. The lowest BCUT2D eigenvalue weighted by Crippen LogP contribution is -2.27. The summed E-state index contributed by atoms with van der Waals surface area (Å²) in [6, 6.07) is 10.5. The summed E-state index contributed by atoms with van der Waals surface area (Å²) in [7, 11) is 0. The van der Waals surface area contributed by atoms with E-state index in [0.29, 0.717) is 11.5 Å². The molecule has 0 bridgehead atoms. The predicted octanol–water partition coefficient (Wildman–Crippen LogP) is 2.10. The van der Waals surface area contributed by atoms with Gasteiger partial charge in [-0.1, -0.05) is 12.1 Å². The third-order valence-electron chi connectivity index (χ3n) is 3.13. The van der Waals surface area contributed by atoms with Crippen molar-refractivity contribution in [3.05, 3.63) is 76.3 Å². The number of hydrogen-bond donors (Lipinski definition) is 2. The lowest BCUT2D eigenvalue weighted by Gasteiger charge is -2.05. The molecule has 0 spiro atoms. The Morgan fingerprint density at radius 2 is 2.04 bits per heavy atom. The summed E-state index contributed by atoms with van der Waals surface area (Å²) in [6.45, 7) is 0.198. The van der Waals surface area contributed by atoms with Crippen molar-refractivity contribution in [1.82, 2.24) is 15.3 Å². The Kier molecular flexibility index (Phi) is 4.01. The van der Waals surface area contributed by atoms with E-state index in [0.717, 1.165) is 5.56 Å². The van der Waals surface area contributed by atoms with Gasteiger partial charge in [-0.2, -0.15) is 4.98 Å². The normalized spacial score (nSPS) is 10.5. The first-order chi connectivity index (χ1) is 11.1. The quantitative estimate of drug-likeness (QED) is 0.772. The number of halogens is 1. The number of H-pyrrole nitrogens is 1. The molecular weight excluding hydrogens is 301 g/mol. The Labute approximate surface area is 130 Å². The minimum Gasteiger partial charge on any atom is -0.463 e. The van der Waals surface area contributed by atoms with E-state index in [2.05, 4.69) is 15.3 Å². The van der Waals surface area contributed by atoms with Crippen molar-refractivity contribution in [1.29, 1.82) is 0 Å². The first kappa shape index (κ1) is 14.7. The van der Waals surface area contributed by atoms with E-state index in [9.17, 15) is 14.0 Å². The maximum absolute atomic E-state index is 12.8. The Morgan fingerprint density at radius 1 is 1.26 bits per heavy atom. The minimum absolute atomic E-state index is 0.0257. The molecule has 0 aliphatic carbocycles. The molecule has 2 aromatic heterocycles. The molecule has 0 atom stereocenters. The van der Waals surface area contributed by atoms with Crippen molar-refractivity contribution < 1.29 is 13.6 Å². The summed E-state index contributed by atoms with van der Waals surface area (Å²) in [5.74, 6) is -0.426. The SMILES string of the molecule is O=C(NCc1ccc(F)cc1)c1cc(-c2ccco2)[nH]c(=O)n1. The summed E-state index contributed by atoms with van der Waals surface area (Å²) in [4.78, 5) is 29.9. The molecule has 0 aliphatic heterocycles. The molecule has 116 valence electrons. The Balaban J connectivity index is 1.77. The lowest BCUT2D eigenvalue weighted by molar-refractivity contribution is 0.0945. The summed E-state index contributed by atoms with van der Waals surface area (Å²) in [5, 5.41) is 2.63. The van der Waals surface area contributed by atoms with Crippen LogP contribution in [0.15, 0.2) is 57.9 Å². The van der Waals surface area contributed by atoms with Gasteiger partial charge in [-0.3, -0.25) is 4.79 Å². The van der Waals surface area contributed by atoms with Crippen molar-refractivity contribution in [2.45, 2.75) is 6.54 Å². The van der Waals surface area contributed by atoms with Crippen LogP contribution in [0.4, 0.5) is 4.39 Å². The van der Waals surface area contributed by atoms with Gasteiger partial charge in [-0.25, -0.2) is 9.18 Å². The smallest absolute Gasteiger partial charge is 0.346 e. The molecule has 2 heterocycles. The molecular formula is C16H12FN3O3. The predicted molar refractivity (Wildman–Crippen MR) is 80.1 cm³/mol. The summed E-state index contributed by atoms with van der Waals surface area (Å²) in [5.41, 5.74) is 0.422. The van der Waals surface area contributed by atoms with Gasteiger partial charge in [0.15, 0.2) is 0 Å². The van der Waals surface area contributed by atoms with E-state index in [1.165, 1.54) is 24.5 Å². The zero-order valence-corrected chi connectivity index (χ0v) is 11.9. The zero-order valence-electron chi connectivity index (χ0n) is 11.9. The largest absolute Gasteiger partial charge is 0.463 e. The number of amides is 1. The van der Waals surface area contributed by atoms with Crippen molar-refractivity contribution in [2.24, 2.45) is 0 Å². The van der Waals surface area contributed by atoms with Gasteiger partial charge in [0.05, 0.1) is 12.0 Å². The highest BCUT2D eigenvalue weighted by atomic mass is 19.1. The zero-order chi connectivity index (χ0) is 16.2. The molecule has 0 saturated heterocycles. The highest BCUT2D eigenvalue weighted by molar-refractivity contribution is 5.92. The van der Waals surface area contributed by atoms with Crippen LogP contribution >= 0.6 is 0 Å². The van der Waals surface area contributed by atoms with E-state index in [1.807, 2.05) is 0 Å². The van der Waals surface area contributed by atoms with Crippen molar-refractivity contribution >= 4 is 5.91 Å². The Bertz CT molecular complexity index is 870. The van der Waals surface area contributed by atoms with E-state index >= 15 is 0 Å². The molecule has 7 heteroatoms. The fraction of sp³-hybridized carbons (Fsp3) is 0.0625. The fourth-order valence-electron chi connectivity index (χ4n) is 2.01. The second kappa shape index (κ2) is 6.27. The maximum Gasteiger partial charge on any atom is 0.346 e. The highest BCUT2D eigenvalue weighted by Gasteiger charge is 2.12. The number of benzene rings is 1. The van der Waals surface area contributed by atoms with Crippen LogP contribution in [0, 0.1) is 5.82 Å². The number of nitrogens with zero attached hydrogens (tertiary/aromatic N) is 1. The van der Waals surface area contributed by atoms with Crippen molar-refractivity contribution in [3.8, 4) is 11.5 Å². The van der Waals surface area contributed by atoms with Crippen LogP contribution < -0.4 is 11.0 Å². The van der Waals surface area contributed by atoms with E-state index < -0.39 is 11.6 Å². The van der Waals surface area contributed by atoms with E-state index in [4.69, 9.17) is 4.42 Å². The third kappa shape index (κ3) is 3.52. The van der Waals surface area contributed by atoms with E-state index in [1.54, 1.807) is 24.3 Å². The van der Waals surface area contributed by atoms with Gasteiger partial charge in [0, 0.05) is 6.54 Å². The van der Waals surface area contributed by atoms with E-state index in [-0.39, 0.29) is 18.1 Å². The number of carbonyl (C=O) groups is 1. The fourth-order valence-corrected chi connectivity index (χ4v) is 2.01. The van der Waals surface area contributed by atoms with Gasteiger partial charge in [0.1, 0.15) is 17.3 Å². The molecule has 0 radical (unpaired) electrons. The minimum atomic E-state index is -0.647. The standard InChI is InChI=1S/C16H12FN3O3/c17-11-5-3-10(4-6-11)9-18-15(21)13-8-12(19-16(22)20-13)14-2-1-7-23-14/h1-8H,9H2,(H,18,21)(H,19,20,22). The first-order valence-electron chi connectivity index (χ1n) is 6.80. The molecule has 6 nitrogen and oxygen atoms in total.